The molecule has 1 aliphatic carbocycles. The van der Waals surface area contributed by atoms with E-state index in [2.05, 4.69) is 26.6 Å². The zero-order valence-electron chi connectivity index (χ0n) is 17.2. The number of anilines is 1. The Morgan fingerprint density at radius 3 is 2.47 bits per heavy atom. The molecule has 0 atom stereocenters. The van der Waals surface area contributed by atoms with E-state index in [1.54, 1.807) is 30.1 Å². The summed E-state index contributed by atoms with van der Waals surface area (Å²) in [6.45, 7) is 1.96. The van der Waals surface area contributed by atoms with E-state index in [-0.39, 0.29) is 23.0 Å². The van der Waals surface area contributed by atoms with Crippen LogP contribution in [-0.4, -0.2) is 30.0 Å². The lowest BCUT2D eigenvalue weighted by atomic mass is 9.95. The average molecular weight is 488 g/mol. The van der Waals surface area contributed by atoms with E-state index >= 15 is 0 Å². The molecule has 2 aromatic rings. The van der Waals surface area contributed by atoms with Crippen molar-refractivity contribution in [1.29, 1.82) is 0 Å². The monoisotopic (exact) mass is 487 g/mol. The van der Waals surface area contributed by atoms with Crippen LogP contribution in [0.4, 0.5) is 5.69 Å². The van der Waals surface area contributed by atoms with Gasteiger partial charge in [0.2, 0.25) is 0 Å². The number of benzene rings is 2. The number of rotatable bonds is 4. The summed E-state index contributed by atoms with van der Waals surface area (Å²) in [5, 5.41) is 6.13. The average Bonchev–Trinajstić information content (AvgIpc) is 2.75. The van der Waals surface area contributed by atoms with Crippen molar-refractivity contribution in [3.63, 3.8) is 0 Å². The van der Waals surface area contributed by atoms with Crippen LogP contribution in [0.5, 0.6) is 0 Å². The molecule has 2 amide bonds. The SMILES string of the molecule is Cc1ccc(C(=O)NC(=S)N(C)c2ccccc2C(=O)NC2CCCCC2)cc1Br. The van der Waals surface area contributed by atoms with Crippen molar-refractivity contribution in [2.45, 2.75) is 45.1 Å². The van der Waals surface area contributed by atoms with Gasteiger partial charge in [0.05, 0.1) is 11.3 Å². The van der Waals surface area contributed by atoms with Crippen molar-refractivity contribution in [3.05, 3.63) is 63.6 Å². The van der Waals surface area contributed by atoms with Gasteiger partial charge < -0.3 is 10.2 Å². The Bertz CT molecular complexity index is 957. The molecule has 0 heterocycles. The molecule has 1 saturated carbocycles. The normalized spacial score (nSPS) is 14.1. The smallest absolute Gasteiger partial charge is 0.257 e. The van der Waals surface area contributed by atoms with Gasteiger partial charge in [0.15, 0.2) is 5.11 Å². The summed E-state index contributed by atoms with van der Waals surface area (Å²) in [6.07, 6.45) is 5.57. The number of thiocarbonyl (C=S) groups is 1. The molecule has 0 saturated heterocycles. The van der Waals surface area contributed by atoms with Gasteiger partial charge in [-0.15, -0.1) is 0 Å². The number of halogens is 1. The third-order valence-corrected chi connectivity index (χ3v) is 6.64. The molecule has 7 heteroatoms. The van der Waals surface area contributed by atoms with E-state index in [0.717, 1.165) is 35.7 Å². The van der Waals surface area contributed by atoms with Gasteiger partial charge in [-0.25, -0.2) is 0 Å². The quantitative estimate of drug-likeness (QED) is 0.597. The highest BCUT2D eigenvalue weighted by molar-refractivity contribution is 9.10. The number of hydrogen-bond acceptors (Lipinski definition) is 3. The fourth-order valence-corrected chi connectivity index (χ4v) is 4.13. The van der Waals surface area contributed by atoms with Crippen LogP contribution < -0.4 is 15.5 Å². The zero-order chi connectivity index (χ0) is 21.7. The maximum absolute atomic E-state index is 12.9. The number of para-hydroxylation sites is 1. The Balaban J connectivity index is 1.71. The molecule has 0 bridgehead atoms. The highest BCUT2D eigenvalue weighted by atomic mass is 79.9. The molecule has 158 valence electrons. The summed E-state index contributed by atoms with van der Waals surface area (Å²) in [5.41, 5.74) is 2.75. The van der Waals surface area contributed by atoms with Gasteiger partial charge in [0.1, 0.15) is 0 Å². The Morgan fingerprint density at radius 2 is 1.77 bits per heavy atom. The van der Waals surface area contributed by atoms with Crippen LogP contribution in [0.25, 0.3) is 0 Å². The van der Waals surface area contributed by atoms with Gasteiger partial charge in [-0.2, -0.15) is 0 Å². The molecular weight excluding hydrogens is 462 g/mol. The molecule has 0 aliphatic heterocycles. The molecule has 2 aromatic carbocycles. The lowest BCUT2D eigenvalue weighted by molar-refractivity contribution is 0.0927. The summed E-state index contributed by atoms with van der Waals surface area (Å²) < 4.78 is 0.860. The van der Waals surface area contributed by atoms with Gasteiger partial charge >= 0.3 is 0 Å². The van der Waals surface area contributed by atoms with Crippen molar-refractivity contribution in [2.75, 3.05) is 11.9 Å². The minimum absolute atomic E-state index is 0.110. The van der Waals surface area contributed by atoms with Gasteiger partial charge in [0, 0.05) is 23.1 Å². The van der Waals surface area contributed by atoms with Gasteiger partial charge in [0.25, 0.3) is 11.8 Å². The number of carbonyl (C=O) groups excluding carboxylic acids is 2. The summed E-state index contributed by atoms with van der Waals surface area (Å²) >= 11 is 8.90. The third-order valence-electron chi connectivity index (χ3n) is 5.41. The van der Waals surface area contributed by atoms with Crippen LogP contribution in [0.3, 0.4) is 0 Å². The predicted octanol–water partition coefficient (Wildman–Crippen LogP) is 4.97. The van der Waals surface area contributed by atoms with E-state index in [9.17, 15) is 9.59 Å². The van der Waals surface area contributed by atoms with Crippen LogP contribution in [0.1, 0.15) is 58.4 Å². The molecule has 2 N–H and O–H groups in total. The molecule has 0 unspecified atom stereocenters. The number of carbonyl (C=O) groups is 2. The summed E-state index contributed by atoms with van der Waals surface area (Å²) in [4.78, 5) is 27.2. The van der Waals surface area contributed by atoms with Crippen molar-refractivity contribution >= 4 is 50.8 Å². The first-order valence-corrected chi connectivity index (χ1v) is 11.3. The highest BCUT2D eigenvalue weighted by Gasteiger charge is 2.21. The van der Waals surface area contributed by atoms with E-state index < -0.39 is 0 Å². The number of amides is 2. The second-order valence-electron chi connectivity index (χ2n) is 7.61. The molecule has 0 aromatic heterocycles. The molecule has 5 nitrogen and oxygen atoms in total. The molecule has 0 radical (unpaired) electrons. The number of aryl methyl sites for hydroxylation is 1. The van der Waals surface area contributed by atoms with Crippen molar-refractivity contribution in [1.82, 2.24) is 10.6 Å². The molecule has 3 rings (SSSR count). The van der Waals surface area contributed by atoms with Crippen LogP contribution >= 0.6 is 28.1 Å². The Labute approximate surface area is 191 Å². The highest BCUT2D eigenvalue weighted by Crippen LogP contribution is 2.22. The fraction of sp³-hybridized carbons (Fsp3) is 0.348. The van der Waals surface area contributed by atoms with E-state index in [4.69, 9.17) is 12.2 Å². The fourth-order valence-electron chi connectivity index (χ4n) is 3.56. The van der Waals surface area contributed by atoms with Crippen molar-refractivity contribution in [2.24, 2.45) is 0 Å². The molecule has 1 fully saturated rings. The second-order valence-corrected chi connectivity index (χ2v) is 8.85. The van der Waals surface area contributed by atoms with Crippen LogP contribution in [0.15, 0.2) is 46.9 Å². The number of nitrogens with zero attached hydrogens (tertiary/aromatic N) is 1. The second kappa shape index (κ2) is 10.2. The maximum Gasteiger partial charge on any atom is 0.257 e. The van der Waals surface area contributed by atoms with Crippen molar-refractivity contribution in [3.8, 4) is 0 Å². The third kappa shape index (κ3) is 5.46. The first-order valence-electron chi connectivity index (χ1n) is 10.1. The molecular formula is C23H26BrN3O2S. The number of nitrogens with one attached hydrogen (secondary N) is 2. The van der Waals surface area contributed by atoms with E-state index in [1.165, 1.54) is 6.42 Å². The molecule has 0 spiro atoms. The summed E-state index contributed by atoms with van der Waals surface area (Å²) in [6, 6.07) is 12.9. The molecule has 1 aliphatic rings. The lowest BCUT2D eigenvalue weighted by Gasteiger charge is -2.26. The first kappa shape index (κ1) is 22.4. The van der Waals surface area contributed by atoms with Crippen LogP contribution in [-0.2, 0) is 0 Å². The van der Waals surface area contributed by atoms with Gasteiger partial charge in [-0.3, -0.25) is 14.9 Å². The lowest BCUT2D eigenvalue weighted by Crippen LogP contribution is -2.42. The van der Waals surface area contributed by atoms with Gasteiger partial charge in [-0.1, -0.05) is 53.4 Å². The van der Waals surface area contributed by atoms with Gasteiger partial charge in [-0.05, 0) is 61.8 Å². The zero-order valence-corrected chi connectivity index (χ0v) is 19.6. The van der Waals surface area contributed by atoms with Crippen LogP contribution in [0, 0.1) is 6.92 Å². The molecule has 30 heavy (non-hydrogen) atoms. The first-order chi connectivity index (χ1) is 14.4. The van der Waals surface area contributed by atoms with Crippen molar-refractivity contribution < 1.29 is 9.59 Å². The van der Waals surface area contributed by atoms with E-state index in [0.29, 0.717) is 16.8 Å². The summed E-state index contributed by atoms with van der Waals surface area (Å²) in [7, 11) is 1.75. The largest absolute Gasteiger partial charge is 0.349 e. The topological polar surface area (TPSA) is 61.4 Å². The Morgan fingerprint density at radius 1 is 1.07 bits per heavy atom. The Kier molecular flexibility index (Phi) is 7.61. The number of hydrogen-bond donors (Lipinski definition) is 2. The standard InChI is InChI=1S/C23H26BrN3O2S/c1-15-12-13-16(14-19(15)24)21(28)26-23(30)27(2)20-11-7-6-10-18(20)22(29)25-17-8-4-3-5-9-17/h6-7,10-14,17H,3-5,8-9H2,1-2H3,(H,25,29)(H,26,28,30). The minimum Gasteiger partial charge on any atom is -0.349 e. The van der Waals surface area contributed by atoms with E-state index in [1.807, 2.05) is 31.2 Å². The maximum atomic E-state index is 12.9. The van der Waals surface area contributed by atoms with Crippen LogP contribution in [0.2, 0.25) is 0 Å². The Hall–Kier alpha value is -2.25. The summed E-state index contributed by atoms with van der Waals surface area (Å²) in [5.74, 6) is -0.405. The predicted molar refractivity (Wildman–Crippen MR) is 128 cm³/mol. The minimum atomic E-state index is -0.295.